The minimum absolute atomic E-state index is 0.0288. The number of carbonyl (C=O) groups is 2. The monoisotopic (exact) mass is 378 g/mol. The first-order chi connectivity index (χ1) is 13.6. The van der Waals surface area contributed by atoms with Gasteiger partial charge in [0.25, 0.3) is 0 Å². The summed E-state index contributed by atoms with van der Waals surface area (Å²) in [4.78, 5) is 27.3. The van der Waals surface area contributed by atoms with E-state index in [4.69, 9.17) is 0 Å². The number of rotatable bonds is 7. The zero-order valence-corrected chi connectivity index (χ0v) is 15.1. The molecule has 0 saturated heterocycles. The van der Waals surface area contributed by atoms with Crippen molar-refractivity contribution >= 4 is 23.6 Å². The van der Waals surface area contributed by atoms with Crippen LogP contribution in [-0.2, 0) is 16.1 Å². The van der Waals surface area contributed by atoms with Crippen LogP contribution in [0.15, 0.2) is 61.1 Å². The predicted octanol–water partition coefficient (Wildman–Crippen LogP) is 2.62. The highest BCUT2D eigenvalue weighted by atomic mass is 16.5. The quantitative estimate of drug-likeness (QED) is 0.283. The van der Waals surface area contributed by atoms with E-state index in [9.17, 15) is 14.7 Å². The number of ketones is 1. The molecule has 0 spiro atoms. The number of aliphatic hydroxyl groups excluding tert-OH is 1. The second-order valence-corrected chi connectivity index (χ2v) is 5.85. The maximum atomic E-state index is 12.1. The Bertz CT molecular complexity index is 1020. The number of carbonyl (C=O) groups excluding carboxylic acids is 2. The number of hydrogen-bond donors (Lipinski definition) is 2. The van der Waals surface area contributed by atoms with E-state index in [0.29, 0.717) is 17.8 Å². The van der Waals surface area contributed by atoms with Gasteiger partial charge in [0.15, 0.2) is 5.82 Å². The fourth-order valence-electron chi connectivity index (χ4n) is 2.54. The molecule has 0 bridgehead atoms. The van der Waals surface area contributed by atoms with Crippen LogP contribution < -0.4 is 0 Å². The Hall–Kier alpha value is -3.94. The van der Waals surface area contributed by atoms with E-state index in [-0.39, 0.29) is 11.6 Å². The lowest BCUT2D eigenvalue weighted by Gasteiger charge is -2.06. The lowest BCUT2D eigenvalue weighted by Crippen LogP contribution is -2.01. The van der Waals surface area contributed by atoms with Crippen molar-refractivity contribution in [1.82, 2.24) is 19.7 Å². The molecule has 8 heteroatoms. The Balaban J connectivity index is 1.92. The number of nitrogens with zero attached hydrogens (tertiary/aromatic N) is 3. The number of ether oxygens (including phenoxy) is 1. The molecule has 28 heavy (non-hydrogen) atoms. The first-order valence-electron chi connectivity index (χ1n) is 8.37. The van der Waals surface area contributed by atoms with Crippen LogP contribution in [0.3, 0.4) is 0 Å². The second-order valence-electron chi connectivity index (χ2n) is 5.85. The van der Waals surface area contributed by atoms with Crippen molar-refractivity contribution in [3.63, 3.8) is 0 Å². The van der Waals surface area contributed by atoms with E-state index in [1.807, 2.05) is 34.9 Å². The number of esters is 1. The molecule has 0 atom stereocenters. The van der Waals surface area contributed by atoms with Crippen molar-refractivity contribution in [2.45, 2.75) is 6.54 Å². The third-order valence-electron chi connectivity index (χ3n) is 3.93. The van der Waals surface area contributed by atoms with Crippen LogP contribution in [0, 0.1) is 0 Å². The largest absolute Gasteiger partial charge is 0.507 e. The number of aliphatic hydroxyl groups is 1. The minimum atomic E-state index is -0.502. The van der Waals surface area contributed by atoms with Gasteiger partial charge in [0, 0.05) is 36.2 Å². The molecule has 0 aliphatic heterocycles. The van der Waals surface area contributed by atoms with Crippen LogP contribution >= 0.6 is 0 Å². The molecule has 0 saturated carbocycles. The molecular formula is C20H18N4O4. The molecule has 1 aromatic carbocycles. The van der Waals surface area contributed by atoms with Crippen LogP contribution in [0.4, 0.5) is 0 Å². The van der Waals surface area contributed by atoms with Gasteiger partial charge in [-0.15, -0.1) is 0 Å². The van der Waals surface area contributed by atoms with Crippen molar-refractivity contribution in [2.75, 3.05) is 7.11 Å². The van der Waals surface area contributed by atoms with E-state index >= 15 is 0 Å². The molecule has 0 unspecified atom stereocenters. The van der Waals surface area contributed by atoms with Gasteiger partial charge >= 0.3 is 5.97 Å². The Kier molecular flexibility index (Phi) is 5.81. The van der Waals surface area contributed by atoms with Crippen molar-refractivity contribution in [3.8, 4) is 0 Å². The fraction of sp³-hybridized carbons (Fsp3) is 0.100. The van der Waals surface area contributed by atoms with Gasteiger partial charge in [0.2, 0.25) is 5.78 Å². The molecule has 0 radical (unpaired) electrons. The number of aromatic amines is 1. The van der Waals surface area contributed by atoms with Gasteiger partial charge in [-0.05, 0) is 17.7 Å². The van der Waals surface area contributed by atoms with Gasteiger partial charge in [0.05, 0.1) is 7.11 Å². The summed E-state index contributed by atoms with van der Waals surface area (Å²) in [5.74, 6) is -1.19. The van der Waals surface area contributed by atoms with Crippen LogP contribution in [0.25, 0.3) is 11.8 Å². The maximum absolute atomic E-state index is 12.1. The average molecular weight is 378 g/mol. The zero-order valence-electron chi connectivity index (χ0n) is 15.1. The molecule has 3 aromatic rings. The van der Waals surface area contributed by atoms with E-state index < -0.39 is 11.8 Å². The van der Waals surface area contributed by atoms with Crippen LogP contribution in [-0.4, -0.2) is 43.7 Å². The molecule has 3 rings (SSSR count). The van der Waals surface area contributed by atoms with E-state index in [0.717, 1.165) is 11.6 Å². The highest BCUT2D eigenvalue weighted by Crippen LogP contribution is 2.19. The smallest absolute Gasteiger partial charge is 0.330 e. The van der Waals surface area contributed by atoms with Crippen molar-refractivity contribution in [1.29, 1.82) is 0 Å². The Labute approximate surface area is 160 Å². The Morgan fingerprint density at radius 1 is 1.29 bits per heavy atom. The first-order valence-corrected chi connectivity index (χ1v) is 8.37. The third-order valence-corrected chi connectivity index (χ3v) is 3.93. The number of nitrogens with one attached hydrogen (secondary N) is 1. The maximum Gasteiger partial charge on any atom is 0.330 e. The van der Waals surface area contributed by atoms with Crippen molar-refractivity contribution < 1.29 is 19.4 Å². The number of methoxy groups -OCH3 is 1. The summed E-state index contributed by atoms with van der Waals surface area (Å²) in [6.07, 6.45) is 6.86. The molecule has 0 amide bonds. The topological polar surface area (TPSA) is 110 Å². The van der Waals surface area contributed by atoms with E-state index in [1.54, 1.807) is 18.3 Å². The molecule has 2 aromatic heterocycles. The fourth-order valence-corrected chi connectivity index (χ4v) is 2.54. The molecule has 0 aliphatic rings. The number of aromatic nitrogens is 4. The highest BCUT2D eigenvalue weighted by molar-refractivity contribution is 6.05. The Morgan fingerprint density at radius 3 is 2.75 bits per heavy atom. The summed E-state index contributed by atoms with van der Waals surface area (Å²) in [6, 6.07) is 11.4. The number of H-pyrrole nitrogens is 1. The molecule has 0 aliphatic carbocycles. The van der Waals surface area contributed by atoms with Gasteiger partial charge in [-0.3, -0.25) is 9.89 Å². The summed E-state index contributed by atoms with van der Waals surface area (Å²) in [5, 5.41) is 16.4. The normalized spacial score (nSPS) is 11.7. The predicted molar refractivity (Wildman–Crippen MR) is 102 cm³/mol. The Morgan fingerprint density at radius 2 is 2.07 bits per heavy atom. The minimum Gasteiger partial charge on any atom is -0.507 e. The van der Waals surface area contributed by atoms with E-state index in [1.165, 1.54) is 19.5 Å². The summed E-state index contributed by atoms with van der Waals surface area (Å²) in [6.45, 7) is 0.519. The van der Waals surface area contributed by atoms with Gasteiger partial charge in [-0.1, -0.05) is 30.3 Å². The van der Waals surface area contributed by atoms with Crippen LogP contribution in [0.1, 0.15) is 27.4 Å². The third kappa shape index (κ3) is 4.61. The lowest BCUT2D eigenvalue weighted by molar-refractivity contribution is -0.134. The van der Waals surface area contributed by atoms with E-state index in [2.05, 4.69) is 19.9 Å². The summed E-state index contributed by atoms with van der Waals surface area (Å²) >= 11 is 0. The molecule has 8 nitrogen and oxygen atoms in total. The number of benzene rings is 1. The van der Waals surface area contributed by atoms with Gasteiger partial charge in [-0.25, -0.2) is 9.78 Å². The average Bonchev–Trinajstić information content (AvgIpc) is 3.37. The van der Waals surface area contributed by atoms with Gasteiger partial charge in [0.1, 0.15) is 12.1 Å². The van der Waals surface area contributed by atoms with Crippen LogP contribution in [0.5, 0.6) is 0 Å². The molecule has 142 valence electrons. The van der Waals surface area contributed by atoms with Crippen LogP contribution in [0.2, 0.25) is 0 Å². The summed E-state index contributed by atoms with van der Waals surface area (Å²) in [7, 11) is 1.30. The second kappa shape index (κ2) is 8.63. The van der Waals surface area contributed by atoms with Crippen molar-refractivity contribution in [3.05, 3.63) is 83.7 Å². The standard InChI is InChI=1S/C20H18N4O4/c1-28-19(27)8-7-16-9-15(12-24(16)11-14-5-3-2-4-6-14)17(25)10-18(26)20-21-13-22-23-20/h2-10,12-13,25H,11H2,1H3,(H,21,22,23). The molecule has 0 fully saturated rings. The first kappa shape index (κ1) is 18.8. The molecular weight excluding hydrogens is 360 g/mol. The summed E-state index contributed by atoms with van der Waals surface area (Å²) < 4.78 is 6.48. The molecule has 2 heterocycles. The number of hydrogen-bond acceptors (Lipinski definition) is 6. The number of allylic oxidation sites excluding steroid dienone is 1. The van der Waals surface area contributed by atoms with Crippen molar-refractivity contribution in [2.24, 2.45) is 0 Å². The SMILES string of the molecule is COC(=O)C=Cc1cc(C(O)=CC(=O)c2ncn[nH]2)cn1Cc1ccccc1. The van der Waals surface area contributed by atoms with Gasteiger partial charge < -0.3 is 14.4 Å². The van der Waals surface area contributed by atoms with Gasteiger partial charge in [-0.2, -0.15) is 5.10 Å². The zero-order chi connectivity index (χ0) is 19.9. The molecule has 2 N–H and O–H groups in total. The highest BCUT2D eigenvalue weighted by Gasteiger charge is 2.12. The lowest BCUT2D eigenvalue weighted by atomic mass is 10.2. The summed E-state index contributed by atoms with van der Waals surface area (Å²) in [5.41, 5.74) is 2.13.